The highest BCUT2D eigenvalue weighted by molar-refractivity contribution is 7.83. The van der Waals surface area contributed by atoms with Crippen molar-refractivity contribution >= 4 is 27.7 Å². The Morgan fingerprint density at radius 1 is 1.09 bits per heavy atom. The van der Waals surface area contributed by atoms with Crippen molar-refractivity contribution in [3.05, 3.63) is 42.5 Å². The normalized spacial score (nSPS) is 22.8. The molecule has 2 aromatic carbocycles. The number of rotatable bonds is 5. The lowest BCUT2D eigenvalue weighted by Gasteiger charge is -2.26. The van der Waals surface area contributed by atoms with Gasteiger partial charge in [0.25, 0.3) is 0 Å². The number of benzene rings is 2. The molecule has 1 atom stereocenters. The number of aliphatic carboxylic acids is 1. The van der Waals surface area contributed by atoms with E-state index in [1.165, 1.54) is 0 Å². The fourth-order valence-corrected chi connectivity index (χ4v) is 4.15. The lowest BCUT2D eigenvalue weighted by Crippen LogP contribution is -2.29. The number of hydrogen-bond donors (Lipinski definition) is 2. The van der Waals surface area contributed by atoms with E-state index in [1.54, 1.807) is 0 Å². The molecule has 0 aromatic heterocycles. The zero-order chi connectivity index (χ0) is 16.2. The largest absolute Gasteiger partial charge is 0.481 e. The third kappa shape index (κ3) is 3.98. The van der Waals surface area contributed by atoms with Gasteiger partial charge in [0.2, 0.25) is 0 Å². The molecule has 1 fully saturated rings. The number of fused-ring (bicyclic) bond motifs is 1. The van der Waals surface area contributed by atoms with Crippen LogP contribution in [0.1, 0.15) is 25.7 Å². The number of carboxylic acids is 1. The van der Waals surface area contributed by atoms with Crippen LogP contribution in [-0.4, -0.2) is 21.8 Å². The zero-order valence-electron chi connectivity index (χ0n) is 12.9. The zero-order valence-corrected chi connectivity index (χ0v) is 13.7. The summed E-state index contributed by atoms with van der Waals surface area (Å²) in [5.74, 6) is -0.469. The molecule has 2 aromatic rings. The van der Waals surface area contributed by atoms with Crippen LogP contribution in [-0.2, 0) is 15.8 Å². The molecule has 5 heteroatoms. The van der Waals surface area contributed by atoms with Gasteiger partial charge in [-0.15, -0.1) is 0 Å². The van der Waals surface area contributed by atoms with Gasteiger partial charge in [0, 0.05) is 6.54 Å². The predicted octanol–water partition coefficient (Wildman–Crippen LogP) is 3.34. The minimum absolute atomic E-state index is 0.197. The van der Waals surface area contributed by atoms with Gasteiger partial charge in [-0.25, -0.2) is 8.93 Å². The first-order valence-corrected chi connectivity index (χ1v) is 9.15. The first-order chi connectivity index (χ1) is 11.1. The lowest BCUT2D eigenvalue weighted by molar-refractivity contribution is -0.143. The summed E-state index contributed by atoms with van der Waals surface area (Å²) in [5, 5.41) is 11.2. The van der Waals surface area contributed by atoms with Gasteiger partial charge < -0.3 is 5.11 Å². The van der Waals surface area contributed by atoms with Gasteiger partial charge >= 0.3 is 5.97 Å². The summed E-state index contributed by atoms with van der Waals surface area (Å²) in [6.07, 6.45) is 3.23. The predicted molar refractivity (Wildman–Crippen MR) is 91.4 cm³/mol. The SMILES string of the molecule is O=C(O)C1CCC(CNS(=O)c2ccc3ccccc3c2)CC1. The van der Waals surface area contributed by atoms with Crippen molar-refractivity contribution in [2.24, 2.45) is 11.8 Å². The van der Waals surface area contributed by atoms with E-state index in [0.717, 1.165) is 41.4 Å². The van der Waals surface area contributed by atoms with Gasteiger partial charge in [-0.3, -0.25) is 4.79 Å². The quantitative estimate of drug-likeness (QED) is 0.883. The molecule has 0 bridgehead atoms. The summed E-state index contributed by atoms with van der Waals surface area (Å²) in [4.78, 5) is 11.7. The van der Waals surface area contributed by atoms with Gasteiger partial charge in [-0.1, -0.05) is 30.3 Å². The van der Waals surface area contributed by atoms with Crippen LogP contribution in [0, 0.1) is 11.8 Å². The highest BCUT2D eigenvalue weighted by atomic mass is 32.2. The fraction of sp³-hybridized carbons (Fsp3) is 0.389. The van der Waals surface area contributed by atoms with E-state index in [2.05, 4.69) is 4.72 Å². The number of nitrogens with one attached hydrogen (secondary N) is 1. The fourth-order valence-electron chi connectivity index (χ4n) is 3.17. The Hall–Kier alpha value is -1.72. The second-order valence-electron chi connectivity index (χ2n) is 6.18. The molecule has 1 aliphatic carbocycles. The third-order valence-electron chi connectivity index (χ3n) is 4.63. The summed E-state index contributed by atoms with van der Waals surface area (Å²) in [6.45, 7) is 0.672. The molecule has 2 N–H and O–H groups in total. The van der Waals surface area contributed by atoms with Crippen molar-refractivity contribution in [2.75, 3.05) is 6.54 Å². The highest BCUT2D eigenvalue weighted by Crippen LogP contribution is 2.28. The standard InChI is InChI=1S/C18H21NO3S/c20-18(21)15-7-5-13(6-8-15)12-19-23(22)17-10-9-14-3-1-2-4-16(14)11-17/h1-4,9-11,13,15,19H,5-8,12H2,(H,20,21). The van der Waals surface area contributed by atoms with E-state index in [-0.39, 0.29) is 5.92 Å². The summed E-state index contributed by atoms with van der Waals surface area (Å²) in [6, 6.07) is 13.9. The Morgan fingerprint density at radius 3 is 2.48 bits per heavy atom. The van der Waals surface area contributed by atoms with Gasteiger partial charge in [-0.05, 0) is 54.5 Å². The molecule has 4 nitrogen and oxygen atoms in total. The Kier molecular flexibility index (Phi) is 5.08. The average molecular weight is 331 g/mol. The molecule has 0 aliphatic heterocycles. The molecule has 1 unspecified atom stereocenters. The number of carbonyl (C=O) groups is 1. The molecule has 23 heavy (non-hydrogen) atoms. The van der Waals surface area contributed by atoms with Crippen molar-refractivity contribution in [1.82, 2.24) is 4.72 Å². The van der Waals surface area contributed by atoms with E-state index in [9.17, 15) is 9.00 Å². The van der Waals surface area contributed by atoms with Crippen molar-refractivity contribution < 1.29 is 14.1 Å². The molecule has 1 aliphatic rings. The third-order valence-corrected chi connectivity index (χ3v) is 5.75. The molecule has 0 spiro atoms. The minimum Gasteiger partial charge on any atom is -0.481 e. The second-order valence-corrected chi connectivity index (χ2v) is 7.48. The Labute approximate surface area is 138 Å². The average Bonchev–Trinajstić information content (AvgIpc) is 2.59. The van der Waals surface area contributed by atoms with E-state index >= 15 is 0 Å². The Bertz CT molecular complexity index is 723. The van der Waals surface area contributed by atoms with Crippen LogP contribution < -0.4 is 4.72 Å². The van der Waals surface area contributed by atoms with E-state index in [0.29, 0.717) is 12.5 Å². The van der Waals surface area contributed by atoms with Crippen LogP contribution in [0.3, 0.4) is 0 Å². The first kappa shape index (κ1) is 16.1. The minimum atomic E-state index is -1.22. The van der Waals surface area contributed by atoms with Crippen LogP contribution in [0.5, 0.6) is 0 Å². The number of carboxylic acid groups (broad SMARTS) is 1. The van der Waals surface area contributed by atoms with E-state index < -0.39 is 17.0 Å². The molecule has 0 heterocycles. The van der Waals surface area contributed by atoms with Crippen LogP contribution >= 0.6 is 0 Å². The maximum atomic E-state index is 12.4. The van der Waals surface area contributed by atoms with Crippen molar-refractivity contribution in [2.45, 2.75) is 30.6 Å². The highest BCUT2D eigenvalue weighted by Gasteiger charge is 2.25. The summed E-state index contributed by atoms with van der Waals surface area (Å²) < 4.78 is 15.5. The monoisotopic (exact) mass is 331 g/mol. The molecule has 122 valence electrons. The molecular formula is C18H21NO3S. The molecular weight excluding hydrogens is 310 g/mol. The van der Waals surface area contributed by atoms with Gasteiger partial charge in [0.1, 0.15) is 11.0 Å². The summed E-state index contributed by atoms with van der Waals surface area (Å²) in [5.41, 5.74) is 0. The molecule has 0 radical (unpaired) electrons. The number of hydrogen-bond acceptors (Lipinski definition) is 2. The maximum Gasteiger partial charge on any atom is 0.306 e. The van der Waals surface area contributed by atoms with Gasteiger partial charge in [0.15, 0.2) is 0 Å². The smallest absolute Gasteiger partial charge is 0.306 e. The molecule has 0 saturated heterocycles. The van der Waals surface area contributed by atoms with Crippen molar-refractivity contribution in [1.29, 1.82) is 0 Å². The van der Waals surface area contributed by atoms with Crippen molar-refractivity contribution in [3.63, 3.8) is 0 Å². The van der Waals surface area contributed by atoms with Crippen LogP contribution in [0.25, 0.3) is 10.8 Å². The molecule has 0 amide bonds. The summed E-state index contributed by atoms with van der Waals surface area (Å²) >= 11 is 0. The Morgan fingerprint density at radius 2 is 1.78 bits per heavy atom. The van der Waals surface area contributed by atoms with Gasteiger partial charge in [0.05, 0.1) is 10.8 Å². The topological polar surface area (TPSA) is 66.4 Å². The van der Waals surface area contributed by atoms with E-state index in [1.807, 2.05) is 42.5 Å². The molecule has 3 rings (SSSR count). The van der Waals surface area contributed by atoms with E-state index in [4.69, 9.17) is 5.11 Å². The summed E-state index contributed by atoms with van der Waals surface area (Å²) in [7, 11) is -1.22. The van der Waals surface area contributed by atoms with Gasteiger partial charge in [-0.2, -0.15) is 0 Å². The van der Waals surface area contributed by atoms with Crippen LogP contribution in [0.4, 0.5) is 0 Å². The first-order valence-electron chi connectivity index (χ1n) is 8.00. The van der Waals surface area contributed by atoms with Crippen LogP contribution in [0.15, 0.2) is 47.4 Å². The van der Waals surface area contributed by atoms with Crippen molar-refractivity contribution in [3.8, 4) is 0 Å². The molecule has 1 saturated carbocycles. The maximum absolute atomic E-state index is 12.4. The van der Waals surface area contributed by atoms with Crippen LogP contribution in [0.2, 0.25) is 0 Å². The lowest BCUT2D eigenvalue weighted by atomic mass is 9.82. The Balaban J connectivity index is 1.55. The second kappa shape index (κ2) is 7.23.